The molecule has 0 spiro atoms. The van der Waals surface area contributed by atoms with E-state index in [4.69, 9.17) is 17.3 Å². The van der Waals surface area contributed by atoms with Gasteiger partial charge in [0.1, 0.15) is 5.82 Å². The molecule has 7 heteroatoms. The van der Waals surface area contributed by atoms with Crippen LogP contribution in [0.5, 0.6) is 0 Å². The normalized spacial score (nSPS) is 11.9. The maximum absolute atomic E-state index is 12.5. The van der Waals surface area contributed by atoms with Gasteiger partial charge >= 0.3 is 0 Å². The molecule has 0 unspecified atom stereocenters. The van der Waals surface area contributed by atoms with Crippen LogP contribution in [0, 0.1) is 0 Å². The van der Waals surface area contributed by atoms with Gasteiger partial charge < -0.3 is 11.1 Å². The predicted octanol–water partition coefficient (Wildman–Crippen LogP) is 2.92. The Kier molecular flexibility index (Phi) is 5.86. The minimum atomic E-state index is -0.106. The zero-order chi connectivity index (χ0) is 18.4. The van der Waals surface area contributed by atoms with Crippen LogP contribution < -0.4 is 11.1 Å². The molecule has 4 N–H and O–H groups in total. The van der Waals surface area contributed by atoms with Crippen LogP contribution in [0.3, 0.4) is 0 Å². The highest BCUT2D eigenvalue weighted by molar-refractivity contribution is 6.31. The molecule has 3 rings (SSSR count). The first-order valence-corrected chi connectivity index (χ1v) is 8.74. The highest BCUT2D eigenvalue weighted by atomic mass is 35.5. The molecule has 1 heterocycles. The topological polar surface area (TPSA) is 96.7 Å². The van der Waals surface area contributed by atoms with E-state index in [0.717, 1.165) is 11.1 Å². The Balaban J connectivity index is 1.67. The number of rotatable bonds is 7. The number of aromatic nitrogens is 3. The maximum atomic E-state index is 12.5. The Hall–Kier alpha value is -2.86. The first kappa shape index (κ1) is 17.9. The number of halogens is 1. The monoisotopic (exact) mass is 369 g/mol. The van der Waals surface area contributed by atoms with Gasteiger partial charge in [0, 0.05) is 30.3 Å². The molecule has 0 aliphatic rings. The number of nitrogen functional groups attached to an aromatic ring is 1. The van der Waals surface area contributed by atoms with Crippen molar-refractivity contribution in [2.24, 2.45) is 0 Å². The summed E-state index contributed by atoms with van der Waals surface area (Å²) < 4.78 is 0. The smallest absolute Gasteiger partial charge is 0.239 e. The molecular formula is C19H20ClN5O. The van der Waals surface area contributed by atoms with Crippen molar-refractivity contribution >= 4 is 23.5 Å². The molecule has 0 aliphatic heterocycles. The number of H-pyrrole nitrogens is 1. The van der Waals surface area contributed by atoms with E-state index in [0.29, 0.717) is 30.2 Å². The van der Waals surface area contributed by atoms with E-state index in [1.807, 2.05) is 54.6 Å². The molecule has 1 aromatic heterocycles. The first-order chi connectivity index (χ1) is 12.6. The second-order valence-electron chi connectivity index (χ2n) is 5.93. The molecule has 6 nitrogen and oxygen atoms in total. The van der Waals surface area contributed by atoms with Gasteiger partial charge in [0.25, 0.3) is 0 Å². The maximum Gasteiger partial charge on any atom is 0.239 e. The third-order valence-electron chi connectivity index (χ3n) is 4.11. The average Bonchev–Trinajstić information content (AvgIpc) is 3.06. The van der Waals surface area contributed by atoms with E-state index in [1.54, 1.807) is 0 Å². The van der Waals surface area contributed by atoms with Crippen molar-refractivity contribution in [1.82, 2.24) is 20.5 Å². The summed E-state index contributed by atoms with van der Waals surface area (Å²) in [5, 5.41) is 10.1. The molecule has 0 bridgehead atoms. The summed E-state index contributed by atoms with van der Waals surface area (Å²) in [5.41, 5.74) is 7.46. The summed E-state index contributed by atoms with van der Waals surface area (Å²) in [6, 6.07) is 17.5. The summed E-state index contributed by atoms with van der Waals surface area (Å²) in [5.74, 6) is 0.694. The van der Waals surface area contributed by atoms with Gasteiger partial charge in [-0.2, -0.15) is 4.98 Å². The van der Waals surface area contributed by atoms with Crippen molar-refractivity contribution in [3.05, 3.63) is 76.6 Å². The molecule has 2 aromatic carbocycles. The summed E-state index contributed by atoms with van der Waals surface area (Å²) in [4.78, 5) is 16.5. The summed E-state index contributed by atoms with van der Waals surface area (Å²) >= 11 is 6.38. The highest BCUT2D eigenvalue weighted by Crippen LogP contribution is 2.32. The first-order valence-electron chi connectivity index (χ1n) is 8.36. The van der Waals surface area contributed by atoms with E-state index < -0.39 is 0 Å². The fourth-order valence-corrected chi connectivity index (χ4v) is 3.12. The molecule has 1 amide bonds. The number of anilines is 1. The summed E-state index contributed by atoms with van der Waals surface area (Å²) in [7, 11) is 0. The van der Waals surface area contributed by atoms with Gasteiger partial charge in [0.15, 0.2) is 0 Å². The zero-order valence-corrected chi connectivity index (χ0v) is 14.9. The SMILES string of the molecule is Nc1n[nH]c(CCNC(=O)C[C@@H](c2ccccc2)c2ccccc2Cl)n1. The summed E-state index contributed by atoms with van der Waals surface area (Å²) in [6.45, 7) is 0.456. The fraction of sp³-hybridized carbons (Fsp3) is 0.211. The third-order valence-corrected chi connectivity index (χ3v) is 4.45. The number of aromatic amines is 1. The van der Waals surface area contributed by atoms with E-state index in [1.165, 1.54) is 0 Å². The van der Waals surface area contributed by atoms with Crippen LogP contribution in [0.25, 0.3) is 0 Å². The number of carbonyl (C=O) groups is 1. The molecule has 1 atom stereocenters. The van der Waals surface area contributed by atoms with Crippen molar-refractivity contribution in [2.45, 2.75) is 18.8 Å². The summed E-state index contributed by atoms with van der Waals surface area (Å²) in [6.07, 6.45) is 0.852. The lowest BCUT2D eigenvalue weighted by atomic mass is 9.88. The molecule has 0 saturated heterocycles. The van der Waals surface area contributed by atoms with Crippen molar-refractivity contribution in [3.63, 3.8) is 0 Å². The third kappa shape index (κ3) is 4.61. The molecule has 134 valence electrons. The quantitative estimate of drug-likeness (QED) is 0.596. The van der Waals surface area contributed by atoms with Crippen molar-refractivity contribution in [2.75, 3.05) is 12.3 Å². The predicted molar refractivity (Wildman–Crippen MR) is 102 cm³/mol. The Labute approximate surface area is 156 Å². The molecule has 0 radical (unpaired) electrons. The minimum Gasteiger partial charge on any atom is -0.367 e. The van der Waals surface area contributed by atoms with Gasteiger partial charge in [0.2, 0.25) is 11.9 Å². The van der Waals surface area contributed by atoms with Crippen LogP contribution >= 0.6 is 11.6 Å². The second-order valence-corrected chi connectivity index (χ2v) is 6.34. The van der Waals surface area contributed by atoms with Crippen molar-refractivity contribution in [3.8, 4) is 0 Å². The number of benzene rings is 2. The van der Waals surface area contributed by atoms with Gasteiger partial charge in [-0.25, -0.2) is 0 Å². The Morgan fingerprint density at radius 1 is 1.15 bits per heavy atom. The van der Waals surface area contributed by atoms with Crippen LogP contribution in [-0.2, 0) is 11.2 Å². The van der Waals surface area contributed by atoms with Gasteiger partial charge in [0.05, 0.1) is 0 Å². The van der Waals surface area contributed by atoms with Crippen molar-refractivity contribution in [1.29, 1.82) is 0 Å². The van der Waals surface area contributed by atoms with Gasteiger partial charge in [-0.05, 0) is 17.2 Å². The fourth-order valence-electron chi connectivity index (χ4n) is 2.85. The lowest BCUT2D eigenvalue weighted by Gasteiger charge is -2.19. The van der Waals surface area contributed by atoms with Gasteiger partial charge in [-0.15, -0.1) is 5.10 Å². The number of amides is 1. The number of hydrogen-bond acceptors (Lipinski definition) is 4. The van der Waals surface area contributed by atoms with Gasteiger partial charge in [-0.1, -0.05) is 60.1 Å². The lowest BCUT2D eigenvalue weighted by molar-refractivity contribution is -0.121. The number of nitrogens with one attached hydrogen (secondary N) is 2. The molecule has 0 aliphatic carbocycles. The molecule has 3 aromatic rings. The number of nitrogens with two attached hydrogens (primary N) is 1. The van der Waals surface area contributed by atoms with Crippen LogP contribution in [-0.4, -0.2) is 27.6 Å². The lowest BCUT2D eigenvalue weighted by Crippen LogP contribution is -2.27. The Bertz CT molecular complexity index is 865. The van der Waals surface area contributed by atoms with Crippen LogP contribution in [0.2, 0.25) is 5.02 Å². The number of hydrogen-bond donors (Lipinski definition) is 3. The Morgan fingerprint density at radius 3 is 2.58 bits per heavy atom. The second kappa shape index (κ2) is 8.49. The zero-order valence-electron chi connectivity index (χ0n) is 14.2. The number of carbonyl (C=O) groups excluding carboxylic acids is 1. The van der Waals surface area contributed by atoms with Crippen LogP contribution in [0.4, 0.5) is 5.95 Å². The number of nitrogens with zero attached hydrogens (tertiary/aromatic N) is 2. The van der Waals surface area contributed by atoms with Crippen molar-refractivity contribution < 1.29 is 4.79 Å². The van der Waals surface area contributed by atoms with E-state index in [2.05, 4.69) is 20.5 Å². The van der Waals surface area contributed by atoms with Gasteiger partial charge in [-0.3, -0.25) is 9.89 Å². The molecule has 26 heavy (non-hydrogen) atoms. The van der Waals surface area contributed by atoms with Crippen LogP contribution in [0.1, 0.15) is 29.3 Å². The van der Waals surface area contributed by atoms with E-state index >= 15 is 0 Å². The Morgan fingerprint density at radius 2 is 1.88 bits per heavy atom. The highest BCUT2D eigenvalue weighted by Gasteiger charge is 2.20. The van der Waals surface area contributed by atoms with E-state index in [-0.39, 0.29) is 17.8 Å². The minimum absolute atomic E-state index is 0.0498. The van der Waals surface area contributed by atoms with E-state index in [9.17, 15) is 4.79 Å². The molecule has 0 saturated carbocycles. The van der Waals surface area contributed by atoms with Crippen LogP contribution in [0.15, 0.2) is 54.6 Å². The molecule has 0 fully saturated rings. The average molecular weight is 370 g/mol. The standard InChI is InChI=1S/C19H20ClN5O/c20-16-9-5-4-8-14(16)15(13-6-2-1-3-7-13)12-18(26)22-11-10-17-23-19(21)25-24-17/h1-9,15H,10-12H2,(H,22,26)(H3,21,23,24,25)/t15-/m0/s1. The largest absolute Gasteiger partial charge is 0.367 e. The molecular weight excluding hydrogens is 350 g/mol.